The molecule has 1 unspecified atom stereocenters. The molecule has 15 heavy (non-hydrogen) atoms. The van der Waals surface area contributed by atoms with Gasteiger partial charge in [0.1, 0.15) is 0 Å². The van der Waals surface area contributed by atoms with Crippen LogP contribution < -0.4 is 0 Å². The third-order valence-electron chi connectivity index (χ3n) is 1.41. The van der Waals surface area contributed by atoms with Gasteiger partial charge in [0.25, 0.3) is 0 Å². The second-order valence-corrected chi connectivity index (χ2v) is 3.70. The minimum atomic E-state index is -5.43. The molecular weight excluding hydrogens is 294 g/mol. The molecule has 0 amide bonds. The van der Waals surface area contributed by atoms with E-state index in [9.17, 15) is 26.3 Å². The Labute approximate surface area is 90.9 Å². The fourth-order valence-electron chi connectivity index (χ4n) is 0.680. The number of alkyl halides is 7. The van der Waals surface area contributed by atoms with Crippen molar-refractivity contribution in [2.24, 2.45) is 5.92 Å². The van der Waals surface area contributed by atoms with Gasteiger partial charge in [0.15, 0.2) is 0 Å². The van der Waals surface area contributed by atoms with Crippen LogP contribution in [0.25, 0.3) is 0 Å². The summed E-state index contributed by atoms with van der Waals surface area (Å²) in [6.07, 6.45) is -14.6. The Bertz CT molecular complexity index is 175. The van der Waals surface area contributed by atoms with E-state index in [1.54, 1.807) is 0 Å². The van der Waals surface area contributed by atoms with E-state index in [1.165, 1.54) is 6.92 Å². The average molecular weight is 303 g/mol. The van der Waals surface area contributed by atoms with Gasteiger partial charge >= 0.3 is 12.4 Å². The Hall–Kier alpha value is 0.0200. The molecule has 0 N–H and O–H groups in total. The van der Waals surface area contributed by atoms with Crippen molar-refractivity contribution in [3.63, 3.8) is 0 Å². The van der Waals surface area contributed by atoms with E-state index in [4.69, 9.17) is 0 Å². The molecule has 0 radical (unpaired) electrons. The molecule has 0 aliphatic heterocycles. The molecule has 0 aliphatic rings. The van der Waals surface area contributed by atoms with Crippen LogP contribution in [0.5, 0.6) is 0 Å². The molecule has 0 aliphatic carbocycles. The first-order chi connectivity index (χ1) is 6.59. The maximum atomic E-state index is 11.9. The van der Waals surface area contributed by atoms with E-state index in [-0.39, 0.29) is 5.33 Å². The van der Waals surface area contributed by atoms with Crippen LogP contribution in [-0.2, 0) is 4.74 Å². The van der Waals surface area contributed by atoms with Gasteiger partial charge in [-0.3, -0.25) is 0 Å². The Morgan fingerprint density at radius 1 is 1.07 bits per heavy atom. The predicted octanol–water partition coefficient (Wildman–Crippen LogP) is 3.53. The molecule has 1 atom stereocenters. The Kier molecular flexibility index (Phi) is 5.39. The second kappa shape index (κ2) is 5.38. The van der Waals surface area contributed by atoms with Gasteiger partial charge in [0.2, 0.25) is 6.10 Å². The first kappa shape index (κ1) is 15.0. The summed E-state index contributed by atoms with van der Waals surface area (Å²) in [5, 5.41) is 0.273. The molecule has 0 saturated carbocycles. The van der Waals surface area contributed by atoms with Gasteiger partial charge < -0.3 is 4.74 Å². The van der Waals surface area contributed by atoms with Gasteiger partial charge in [-0.2, -0.15) is 26.3 Å². The molecule has 0 heterocycles. The van der Waals surface area contributed by atoms with Crippen LogP contribution in [0.15, 0.2) is 0 Å². The van der Waals surface area contributed by atoms with E-state index in [0.717, 1.165) is 0 Å². The number of ether oxygens (including phenoxy) is 1. The molecule has 0 saturated heterocycles. The summed E-state index contributed by atoms with van der Waals surface area (Å²) in [5.74, 6) is -0.419. The normalized spacial score (nSPS) is 15.8. The minimum Gasteiger partial charge on any atom is -0.361 e. The summed E-state index contributed by atoms with van der Waals surface area (Å²) in [6, 6.07) is 0. The van der Waals surface area contributed by atoms with Crippen molar-refractivity contribution < 1.29 is 31.1 Å². The van der Waals surface area contributed by atoms with Gasteiger partial charge in [-0.1, -0.05) is 22.9 Å². The lowest BCUT2D eigenvalue weighted by Gasteiger charge is -2.24. The van der Waals surface area contributed by atoms with Gasteiger partial charge in [0.05, 0.1) is 6.61 Å². The molecule has 1 nitrogen and oxygen atoms in total. The summed E-state index contributed by atoms with van der Waals surface area (Å²) in [6.45, 7) is 0.869. The first-order valence-corrected chi connectivity index (χ1v) is 5.02. The number of halogens is 7. The molecule has 0 aromatic rings. The van der Waals surface area contributed by atoms with E-state index >= 15 is 0 Å². The molecule has 0 bridgehead atoms. The number of rotatable bonds is 4. The van der Waals surface area contributed by atoms with Crippen molar-refractivity contribution in [2.45, 2.75) is 25.4 Å². The van der Waals surface area contributed by atoms with E-state index in [0.29, 0.717) is 0 Å². The van der Waals surface area contributed by atoms with Crippen LogP contribution in [0.3, 0.4) is 0 Å². The molecule has 0 fully saturated rings. The molecule has 8 heteroatoms. The van der Waals surface area contributed by atoms with Crippen LogP contribution in [0.2, 0.25) is 0 Å². The van der Waals surface area contributed by atoms with Gasteiger partial charge in [-0.15, -0.1) is 0 Å². The zero-order chi connectivity index (χ0) is 12.3. The molecule has 0 rings (SSSR count). The summed E-state index contributed by atoms with van der Waals surface area (Å²) in [5.41, 5.74) is 0. The highest BCUT2D eigenvalue weighted by Gasteiger charge is 2.57. The highest BCUT2D eigenvalue weighted by Crippen LogP contribution is 2.35. The van der Waals surface area contributed by atoms with Crippen LogP contribution in [0.1, 0.15) is 6.92 Å². The number of hydrogen-bond acceptors (Lipinski definition) is 1. The average Bonchev–Trinajstić information content (AvgIpc) is 1.99. The van der Waals surface area contributed by atoms with Crippen molar-refractivity contribution >= 4 is 15.9 Å². The third-order valence-corrected chi connectivity index (χ3v) is 2.51. The van der Waals surface area contributed by atoms with Crippen LogP contribution >= 0.6 is 15.9 Å². The maximum absolute atomic E-state index is 11.9. The Morgan fingerprint density at radius 3 is 1.73 bits per heavy atom. The van der Waals surface area contributed by atoms with Crippen LogP contribution in [0.4, 0.5) is 26.3 Å². The first-order valence-electron chi connectivity index (χ1n) is 3.90. The van der Waals surface area contributed by atoms with Crippen molar-refractivity contribution in [1.82, 2.24) is 0 Å². The lowest BCUT2D eigenvalue weighted by Crippen LogP contribution is -2.45. The summed E-state index contributed by atoms with van der Waals surface area (Å²) >= 11 is 2.92. The lowest BCUT2D eigenvalue weighted by atomic mass is 10.2. The van der Waals surface area contributed by atoms with Crippen molar-refractivity contribution in [1.29, 1.82) is 0 Å². The summed E-state index contributed by atoms with van der Waals surface area (Å²) in [7, 11) is 0. The van der Waals surface area contributed by atoms with E-state index < -0.39 is 31.0 Å². The predicted molar refractivity (Wildman–Crippen MR) is 44.8 cm³/mol. The third kappa shape index (κ3) is 5.60. The zero-order valence-electron chi connectivity index (χ0n) is 7.62. The topological polar surface area (TPSA) is 9.23 Å². The monoisotopic (exact) mass is 302 g/mol. The van der Waals surface area contributed by atoms with E-state index in [2.05, 4.69) is 20.7 Å². The van der Waals surface area contributed by atoms with Crippen molar-refractivity contribution in [3.05, 3.63) is 0 Å². The fourth-order valence-corrected chi connectivity index (χ4v) is 0.867. The Morgan fingerprint density at radius 2 is 1.47 bits per heavy atom. The largest absolute Gasteiger partial charge is 0.423 e. The van der Waals surface area contributed by atoms with Gasteiger partial charge in [0, 0.05) is 5.33 Å². The fraction of sp³-hybridized carbons (Fsp3) is 1.00. The van der Waals surface area contributed by atoms with Crippen LogP contribution in [0, 0.1) is 5.92 Å². The minimum absolute atomic E-state index is 0.273. The molecular formula is C7H9BrF6O. The maximum Gasteiger partial charge on any atom is 0.423 e. The van der Waals surface area contributed by atoms with Crippen molar-refractivity contribution in [3.8, 4) is 0 Å². The molecule has 0 aromatic carbocycles. The highest BCUT2D eigenvalue weighted by molar-refractivity contribution is 9.09. The zero-order valence-corrected chi connectivity index (χ0v) is 9.21. The van der Waals surface area contributed by atoms with Crippen molar-refractivity contribution in [2.75, 3.05) is 11.9 Å². The number of hydrogen-bond donors (Lipinski definition) is 0. The molecule has 0 spiro atoms. The van der Waals surface area contributed by atoms with E-state index in [1.807, 2.05) is 0 Å². The quantitative estimate of drug-likeness (QED) is 0.570. The summed E-state index contributed by atoms with van der Waals surface area (Å²) < 4.78 is 75.3. The standard InChI is InChI=1S/C7H9BrF6O/c1-4(2-8)3-15-5(6(9,10)11)7(12,13)14/h4-5H,2-3H2,1H3. The smallest absolute Gasteiger partial charge is 0.361 e. The Balaban J connectivity index is 4.42. The molecule has 0 aromatic heterocycles. The second-order valence-electron chi connectivity index (χ2n) is 3.06. The SMILES string of the molecule is CC(CBr)COC(C(F)(F)F)C(F)(F)F. The van der Waals surface area contributed by atoms with Gasteiger partial charge in [-0.05, 0) is 5.92 Å². The lowest BCUT2D eigenvalue weighted by molar-refractivity contribution is -0.323. The van der Waals surface area contributed by atoms with Crippen LogP contribution in [-0.4, -0.2) is 30.4 Å². The highest BCUT2D eigenvalue weighted by atomic mass is 79.9. The van der Waals surface area contributed by atoms with Gasteiger partial charge in [-0.25, -0.2) is 0 Å². The molecule has 92 valence electrons. The summed E-state index contributed by atoms with van der Waals surface area (Å²) in [4.78, 5) is 0.